The van der Waals surface area contributed by atoms with Crippen molar-refractivity contribution in [2.75, 3.05) is 26.2 Å². The fourth-order valence-electron chi connectivity index (χ4n) is 4.39. The molecule has 5 nitrogen and oxygen atoms in total. The first-order valence-corrected chi connectivity index (χ1v) is 12.9. The normalized spacial score (nSPS) is 16.5. The lowest BCUT2D eigenvalue weighted by Gasteiger charge is -2.26. The first kappa shape index (κ1) is 27.4. The van der Waals surface area contributed by atoms with Gasteiger partial charge in [-0.05, 0) is 60.4 Å². The summed E-state index contributed by atoms with van der Waals surface area (Å²) >= 11 is 6.04. The minimum atomic E-state index is -0.115. The van der Waals surface area contributed by atoms with E-state index in [1.54, 1.807) is 6.08 Å². The molecule has 3 aromatic rings. The monoisotopic (exact) mass is 505 g/mol. The maximum atomic E-state index is 12.7. The molecule has 2 atom stereocenters. The van der Waals surface area contributed by atoms with E-state index in [4.69, 9.17) is 11.6 Å². The van der Waals surface area contributed by atoms with E-state index >= 15 is 0 Å². The van der Waals surface area contributed by atoms with Crippen molar-refractivity contribution >= 4 is 34.2 Å². The number of amides is 2. The van der Waals surface area contributed by atoms with E-state index in [-0.39, 0.29) is 17.9 Å². The van der Waals surface area contributed by atoms with Crippen LogP contribution in [0.2, 0.25) is 5.02 Å². The molecule has 1 aliphatic heterocycles. The number of hydrogen-bond donors (Lipinski definition) is 2. The summed E-state index contributed by atoms with van der Waals surface area (Å²) in [6.45, 7) is 9.60. The van der Waals surface area contributed by atoms with Gasteiger partial charge in [-0.3, -0.25) is 9.59 Å². The van der Waals surface area contributed by atoms with Crippen LogP contribution in [0, 0.1) is 0 Å². The molecule has 1 heterocycles. The Hall–Kier alpha value is -3.15. The Morgan fingerprint density at radius 1 is 1.17 bits per heavy atom. The van der Waals surface area contributed by atoms with Gasteiger partial charge in [0.1, 0.15) is 0 Å². The predicted octanol–water partition coefficient (Wildman–Crippen LogP) is 5.80. The van der Waals surface area contributed by atoms with Gasteiger partial charge in [0.2, 0.25) is 5.91 Å². The highest BCUT2D eigenvalue weighted by atomic mass is 35.5. The van der Waals surface area contributed by atoms with Crippen molar-refractivity contribution in [2.24, 2.45) is 0 Å². The van der Waals surface area contributed by atoms with Crippen molar-refractivity contribution in [3.05, 3.63) is 95.5 Å². The summed E-state index contributed by atoms with van der Waals surface area (Å²) in [6, 6.07) is 21.7. The van der Waals surface area contributed by atoms with Gasteiger partial charge < -0.3 is 15.5 Å². The van der Waals surface area contributed by atoms with E-state index in [0.29, 0.717) is 36.1 Å². The first-order valence-electron chi connectivity index (χ1n) is 12.6. The Morgan fingerprint density at radius 2 is 1.86 bits per heavy atom. The van der Waals surface area contributed by atoms with Gasteiger partial charge in [-0.1, -0.05) is 67.1 Å². The maximum Gasteiger partial charge on any atom is 0.251 e. The Labute approximate surface area is 219 Å². The van der Waals surface area contributed by atoms with Crippen LogP contribution in [-0.2, 0) is 4.79 Å². The fraction of sp³-hybridized carbons (Fsp3) is 0.333. The van der Waals surface area contributed by atoms with E-state index in [2.05, 4.69) is 36.3 Å². The topological polar surface area (TPSA) is 61.4 Å². The van der Waals surface area contributed by atoms with E-state index in [0.717, 1.165) is 30.2 Å². The molecule has 0 radical (unpaired) electrons. The summed E-state index contributed by atoms with van der Waals surface area (Å²) in [5.41, 5.74) is 1.89. The van der Waals surface area contributed by atoms with Crippen LogP contribution >= 0.6 is 11.6 Å². The Balaban J connectivity index is 0.00000115. The molecule has 4 rings (SSSR count). The highest BCUT2D eigenvalue weighted by Gasteiger charge is 2.24. The highest BCUT2D eigenvalue weighted by molar-refractivity contribution is 6.31. The van der Waals surface area contributed by atoms with Crippen LogP contribution in [0.4, 0.5) is 0 Å². The lowest BCUT2D eigenvalue weighted by molar-refractivity contribution is -0.129. The highest BCUT2D eigenvalue weighted by Crippen LogP contribution is 2.22. The first-order chi connectivity index (χ1) is 17.4. The second kappa shape index (κ2) is 13.8. The number of halogens is 1. The third-order valence-electron chi connectivity index (χ3n) is 6.42. The average molecular weight is 506 g/mol. The molecule has 1 aliphatic rings. The van der Waals surface area contributed by atoms with Crippen LogP contribution in [-0.4, -0.2) is 48.9 Å². The van der Waals surface area contributed by atoms with E-state index in [9.17, 15) is 9.59 Å². The molecule has 190 valence electrons. The summed E-state index contributed by atoms with van der Waals surface area (Å²) in [7, 11) is 0. The maximum absolute atomic E-state index is 12.7. The van der Waals surface area contributed by atoms with Crippen LogP contribution in [0.3, 0.4) is 0 Å². The fourth-order valence-corrected chi connectivity index (χ4v) is 4.57. The summed E-state index contributed by atoms with van der Waals surface area (Å²) < 4.78 is 0. The number of benzene rings is 3. The van der Waals surface area contributed by atoms with Crippen LogP contribution in [0.15, 0.2) is 79.4 Å². The number of fused-ring (bicyclic) bond motifs is 1. The van der Waals surface area contributed by atoms with Crippen molar-refractivity contribution < 1.29 is 9.59 Å². The van der Waals surface area contributed by atoms with Gasteiger partial charge in [-0.15, -0.1) is 6.58 Å². The lowest BCUT2D eigenvalue weighted by atomic mass is 9.96. The molecule has 0 aromatic heterocycles. The average Bonchev–Trinajstić information content (AvgIpc) is 3.07. The summed E-state index contributed by atoms with van der Waals surface area (Å²) in [6.07, 6.45) is 3.53. The van der Waals surface area contributed by atoms with Gasteiger partial charge in [0.25, 0.3) is 5.91 Å². The Bertz CT molecular complexity index is 1170. The van der Waals surface area contributed by atoms with Crippen molar-refractivity contribution in [3.8, 4) is 0 Å². The quantitative estimate of drug-likeness (QED) is 0.399. The molecule has 0 spiro atoms. The molecule has 36 heavy (non-hydrogen) atoms. The van der Waals surface area contributed by atoms with Gasteiger partial charge in [0.15, 0.2) is 0 Å². The van der Waals surface area contributed by atoms with Gasteiger partial charge in [-0.2, -0.15) is 0 Å². The van der Waals surface area contributed by atoms with Gasteiger partial charge in [0, 0.05) is 42.2 Å². The van der Waals surface area contributed by atoms with Crippen molar-refractivity contribution in [3.63, 3.8) is 0 Å². The van der Waals surface area contributed by atoms with E-state index in [1.807, 2.05) is 66.4 Å². The zero-order valence-corrected chi connectivity index (χ0v) is 21.9. The SMILES string of the molecule is C=CC.CC[C@H](CN1CC[C@@H](CNC(=O)c2ccc3cc(Cl)ccc3c2)NCC1=O)c1ccccc1. The molecule has 0 bridgehead atoms. The number of allylic oxidation sites excluding steroid dienone is 1. The number of hydrogen-bond acceptors (Lipinski definition) is 3. The molecule has 3 aromatic carbocycles. The third kappa shape index (κ3) is 7.67. The number of rotatable bonds is 7. The zero-order valence-electron chi connectivity index (χ0n) is 21.2. The molecule has 6 heteroatoms. The van der Waals surface area contributed by atoms with Crippen LogP contribution in [0.5, 0.6) is 0 Å². The van der Waals surface area contributed by atoms with Gasteiger partial charge >= 0.3 is 0 Å². The molecular formula is C30H36ClN3O2. The molecule has 0 saturated carbocycles. The predicted molar refractivity (Wildman–Crippen MR) is 150 cm³/mol. The second-order valence-corrected chi connectivity index (χ2v) is 9.48. The smallest absolute Gasteiger partial charge is 0.251 e. The zero-order chi connectivity index (χ0) is 25.9. The number of nitrogens with one attached hydrogen (secondary N) is 2. The van der Waals surface area contributed by atoms with E-state index in [1.165, 1.54) is 5.56 Å². The lowest BCUT2D eigenvalue weighted by Crippen LogP contribution is -2.42. The molecule has 1 fully saturated rings. The second-order valence-electron chi connectivity index (χ2n) is 9.05. The van der Waals surface area contributed by atoms with Crippen molar-refractivity contribution in [1.29, 1.82) is 0 Å². The summed E-state index contributed by atoms with van der Waals surface area (Å²) in [4.78, 5) is 27.4. The molecule has 0 aliphatic carbocycles. The number of nitrogens with zero attached hydrogens (tertiary/aromatic N) is 1. The molecule has 2 N–H and O–H groups in total. The largest absolute Gasteiger partial charge is 0.350 e. The summed E-state index contributed by atoms with van der Waals surface area (Å²) in [5, 5.41) is 9.00. The Kier molecular flexibility index (Phi) is 10.5. The van der Waals surface area contributed by atoms with Crippen molar-refractivity contribution in [1.82, 2.24) is 15.5 Å². The van der Waals surface area contributed by atoms with Gasteiger partial charge in [-0.25, -0.2) is 0 Å². The van der Waals surface area contributed by atoms with Crippen LogP contribution in [0.25, 0.3) is 10.8 Å². The van der Waals surface area contributed by atoms with Crippen molar-refractivity contribution in [2.45, 2.75) is 38.6 Å². The molecule has 2 amide bonds. The van der Waals surface area contributed by atoms with Crippen LogP contribution < -0.4 is 10.6 Å². The Morgan fingerprint density at radius 3 is 2.58 bits per heavy atom. The third-order valence-corrected chi connectivity index (χ3v) is 6.66. The number of carbonyl (C=O) groups is 2. The molecule has 0 unspecified atom stereocenters. The standard InChI is InChI=1S/C27H30ClN3O2.C3H6/c1-2-19(20-6-4-3-5-7-20)18-31-13-12-25(29-17-26(31)32)16-30-27(33)23-9-8-22-15-24(28)11-10-21(22)14-23;1-3-2/h3-11,14-15,19,25,29H,2,12-13,16-18H2,1H3,(H,30,33);3H,1H2,2H3/t19-,25+;/m1./s1. The van der Waals surface area contributed by atoms with Crippen LogP contribution in [0.1, 0.15) is 48.5 Å². The number of carbonyl (C=O) groups excluding carboxylic acids is 2. The summed E-state index contributed by atoms with van der Waals surface area (Å²) in [5.74, 6) is 0.330. The van der Waals surface area contributed by atoms with Gasteiger partial charge in [0.05, 0.1) is 6.54 Å². The molecular weight excluding hydrogens is 470 g/mol. The minimum absolute atomic E-state index is 0.0546. The van der Waals surface area contributed by atoms with E-state index < -0.39 is 0 Å². The molecule has 1 saturated heterocycles. The minimum Gasteiger partial charge on any atom is -0.350 e.